The zero-order chi connectivity index (χ0) is 13.0. The first-order valence-electron chi connectivity index (χ1n) is 5.11. The highest BCUT2D eigenvalue weighted by molar-refractivity contribution is 6.29. The van der Waals surface area contributed by atoms with E-state index in [1.165, 1.54) is 7.11 Å². The molecule has 2 aromatic rings. The lowest BCUT2D eigenvalue weighted by Gasteiger charge is -2.09. The third kappa shape index (κ3) is 2.70. The van der Waals surface area contributed by atoms with E-state index in [1.54, 1.807) is 36.4 Å². The summed E-state index contributed by atoms with van der Waals surface area (Å²) in [6, 6.07) is 12.0. The van der Waals surface area contributed by atoms with Gasteiger partial charge in [-0.05, 0) is 18.2 Å². The summed E-state index contributed by atoms with van der Waals surface area (Å²) >= 11 is 5.77. The van der Waals surface area contributed by atoms with Gasteiger partial charge < -0.3 is 9.47 Å². The third-order valence-corrected chi connectivity index (χ3v) is 2.41. The maximum atomic E-state index is 8.80. The van der Waals surface area contributed by atoms with Crippen LogP contribution in [0.5, 0.6) is 17.4 Å². The normalized spacial score (nSPS) is 9.61. The second kappa shape index (κ2) is 5.39. The number of nitrogens with zero attached hydrogens (tertiary/aromatic N) is 2. The number of benzene rings is 1. The number of halogens is 1. The lowest BCUT2D eigenvalue weighted by molar-refractivity contribution is 0.374. The van der Waals surface area contributed by atoms with Crippen molar-refractivity contribution < 1.29 is 9.47 Å². The van der Waals surface area contributed by atoms with E-state index in [1.807, 2.05) is 6.07 Å². The average molecular weight is 261 g/mol. The second-order valence-electron chi connectivity index (χ2n) is 3.38. The molecule has 0 amide bonds. The van der Waals surface area contributed by atoms with Crippen molar-refractivity contribution in [1.82, 2.24) is 4.98 Å². The minimum Gasteiger partial charge on any atom is -0.493 e. The van der Waals surface area contributed by atoms with E-state index in [-0.39, 0.29) is 0 Å². The molecular weight excluding hydrogens is 252 g/mol. The number of ether oxygens (including phenoxy) is 2. The van der Waals surface area contributed by atoms with Crippen molar-refractivity contribution in [2.24, 2.45) is 0 Å². The van der Waals surface area contributed by atoms with Gasteiger partial charge in [-0.25, -0.2) is 4.98 Å². The Balaban J connectivity index is 2.32. The van der Waals surface area contributed by atoms with E-state index < -0.39 is 0 Å². The van der Waals surface area contributed by atoms with E-state index in [0.717, 1.165) is 0 Å². The van der Waals surface area contributed by atoms with Gasteiger partial charge >= 0.3 is 0 Å². The van der Waals surface area contributed by atoms with Crippen molar-refractivity contribution in [3.05, 3.63) is 47.1 Å². The summed E-state index contributed by atoms with van der Waals surface area (Å²) in [5.74, 6) is 1.31. The number of methoxy groups -OCH3 is 1. The highest BCUT2D eigenvalue weighted by atomic mass is 35.5. The van der Waals surface area contributed by atoms with Crippen LogP contribution in [-0.2, 0) is 0 Å². The quantitative estimate of drug-likeness (QED) is 0.794. The van der Waals surface area contributed by atoms with E-state index in [4.69, 9.17) is 26.3 Å². The molecule has 0 saturated carbocycles. The first kappa shape index (κ1) is 12.2. The summed E-state index contributed by atoms with van der Waals surface area (Å²) < 4.78 is 10.7. The molecule has 0 spiro atoms. The van der Waals surface area contributed by atoms with Crippen molar-refractivity contribution in [3.63, 3.8) is 0 Å². The van der Waals surface area contributed by atoms with Crippen LogP contribution in [0.4, 0.5) is 0 Å². The van der Waals surface area contributed by atoms with E-state index in [2.05, 4.69) is 4.98 Å². The first-order chi connectivity index (χ1) is 8.72. The highest BCUT2D eigenvalue weighted by Crippen LogP contribution is 2.31. The molecule has 4 nitrogen and oxygen atoms in total. The number of hydrogen-bond donors (Lipinski definition) is 0. The molecule has 2 rings (SSSR count). The molecule has 90 valence electrons. The number of rotatable bonds is 3. The van der Waals surface area contributed by atoms with Crippen molar-refractivity contribution in [2.75, 3.05) is 7.11 Å². The summed E-state index contributed by atoms with van der Waals surface area (Å²) in [4.78, 5) is 4.01. The average Bonchev–Trinajstić information content (AvgIpc) is 2.39. The Labute approximate surface area is 109 Å². The van der Waals surface area contributed by atoms with Gasteiger partial charge in [0.2, 0.25) is 5.88 Å². The Kier molecular flexibility index (Phi) is 3.66. The smallest absolute Gasteiger partial charge is 0.220 e. The lowest BCUT2D eigenvalue weighted by Crippen LogP contribution is -1.92. The third-order valence-electron chi connectivity index (χ3n) is 2.20. The minimum atomic E-state index is 0.347. The Morgan fingerprint density at radius 2 is 2.06 bits per heavy atom. The predicted molar refractivity (Wildman–Crippen MR) is 67.0 cm³/mol. The van der Waals surface area contributed by atoms with Crippen molar-refractivity contribution in [2.45, 2.75) is 0 Å². The van der Waals surface area contributed by atoms with Crippen LogP contribution in [0.15, 0.2) is 36.4 Å². The molecule has 0 bridgehead atoms. The fourth-order valence-electron chi connectivity index (χ4n) is 1.38. The fraction of sp³-hybridized carbons (Fsp3) is 0.0769. The molecule has 0 atom stereocenters. The summed E-state index contributed by atoms with van der Waals surface area (Å²) in [6.45, 7) is 0. The summed E-state index contributed by atoms with van der Waals surface area (Å²) in [6.07, 6.45) is 0. The number of pyridine rings is 1. The SMILES string of the molecule is COc1cc(C#N)ccc1Oc1cccc(Cl)n1. The largest absolute Gasteiger partial charge is 0.493 e. The lowest BCUT2D eigenvalue weighted by atomic mass is 10.2. The molecule has 0 aliphatic rings. The molecule has 0 aliphatic heterocycles. The zero-order valence-corrected chi connectivity index (χ0v) is 10.3. The van der Waals surface area contributed by atoms with Gasteiger partial charge in [0.1, 0.15) is 5.15 Å². The first-order valence-corrected chi connectivity index (χ1v) is 5.49. The minimum absolute atomic E-state index is 0.347. The Hall–Kier alpha value is -2.25. The van der Waals surface area contributed by atoms with Crippen LogP contribution >= 0.6 is 11.6 Å². The Morgan fingerprint density at radius 1 is 1.22 bits per heavy atom. The summed E-state index contributed by atoms with van der Waals surface area (Å²) in [5.41, 5.74) is 0.498. The number of hydrogen-bond acceptors (Lipinski definition) is 4. The van der Waals surface area contributed by atoms with Gasteiger partial charge in [0, 0.05) is 12.1 Å². The molecule has 0 aliphatic carbocycles. The molecule has 0 radical (unpaired) electrons. The van der Waals surface area contributed by atoms with Gasteiger partial charge in [0.05, 0.1) is 18.7 Å². The molecule has 0 fully saturated rings. The van der Waals surface area contributed by atoms with Crippen LogP contribution in [0.25, 0.3) is 0 Å². The van der Waals surface area contributed by atoms with Gasteiger partial charge in [-0.1, -0.05) is 17.7 Å². The van der Waals surface area contributed by atoms with Crippen LogP contribution in [0.2, 0.25) is 5.15 Å². The van der Waals surface area contributed by atoms with Crippen molar-refractivity contribution >= 4 is 11.6 Å². The fourth-order valence-corrected chi connectivity index (χ4v) is 1.54. The molecule has 0 saturated heterocycles. The summed E-state index contributed by atoms with van der Waals surface area (Å²) in [5, 5.41) is 9.15. The van der Waals surface area contributed by atoms with Gasteiger partial charge in [0.25, 0.3) is 0 Å². The molecule has 1 heterocycles. The Morgan fingerprint density at radius 3 is 2.72 bits per heavy atom. The van der Waals surface area contributed by atoms with E-state index in [0.29, 0.717) is 28.1 Å². The van der Waals surface area contributed by atoms with E-state index >= 15 is 0 Å². The van der Waals surface area contributed by atoms with E-state index in [9.17, 15) is 0 Å². The van der Waals surface area contributed by atoms with Crippen molar-refractivity contribution in [3.8, 4) is 23.4 Å². The maximum Gasteiger partial charge on any atom is 0.220 e. The van der Waals surface area contributed by atoms with Gasteiger partial charge in [-0.2, -0.15) is 5.26 Å². The van der Waals surface area contributed by atoms with Crippen LogP contribution < -0.4 is 9.47 Å². The molecule has 5 heteroatoms. The molecule has 18 heavy (non-hydrogen) atoms. The number of nitriles is 1. The molecule has 0 unspecified atom stereocenters. The highest BCUT2D eigenvalue weighted by Gasteiger charge is 2.07. The van der Waals surface area contributed by atoms with Gasteiger partial charge in [-0.15, -0.1) is 0 Å². The number of aromatic nitrogens is 1. The van der Waals surface area contributed by atoms with Crippen LogP contribution in [0.1, 0.15) is 5.56 Å². The standard InChI is InChI=1S/C13H9ClN2O2/c1-17-11-7-9(8-15)5-6-10(11)18-13-4-2-3-12(14)16-13/h2-7H,1H3. The molecule has 0 N–H and O–H groups in total. The molecule has 1 aromatic carbocycles. The van der Waals surface area contributed by atoms with Crippen LogP contribution in [-0.4, -0.2) is 12.1 Å². The van der Waals surface area contributed by atoms with Crippen LogP contribution in [0, 0.1) is 11.3 Å². The molecule has 1 aromatic heterocycles. The second-order valence-corrected chi connectivity index (χ2v) is 3.77. The predicted octanol–water partition coefficient (Wildman–Crippen LogP) is 3.41. The topological polar surface area (TPSA) is 55.1 Å². The zero-order valence-electron chi connectivity index (χ0n) is 9.55. The monoisotopic (exact) mass is 260 g/mol. The van der Waals surface area contributed by atoms with Crippen LogP contribution in [0.3, 0.4) is 0 Å². The Bertz CT molecular complexity index is 608. The maximum absolute atomic E-state index is 8.80. The summed E-state index contributed by atoms with van der Waals surface area (Å²) in [7, 11) is 1.51. The van der Waals surface area contributed by atoms with Crippen molar-refractivity contribution in [1.29, 1.82) is 5.26 Å². The van der Waals surface area contributed by atoms with Gasteiger partial charge in [-0.3, -0.25) is 0 Å². The van der Waals surface area contributed by atoms with Gasteiger partial charge in [0.15, 0.2) is 11.5 Å². The molecular formula is C13H9ClN2O2.